The number of nitrogens with zero attached hydrogens (tertiary/aromatic N) is 2. The van der Waals surface area contributed by atoms with Gasteiger partial charge in [-0.05, 0) is 92.9 Å². The highest BCUT2D eigenvalue weighted by molar-refractivity contribution is 6.13. The van der Waals surface area contributed by atoms with Crippen molar-refractivity contribution in [3.8, 4) is 0 Å². The molecule has 0 radical (unpaired) electrons. The van der Waals surface area contributed by atoms with E-state index in [1.807, 2.05) is 43.3 Å². The number of fused-ring (bicyclic) bond motifs is 2. The largest absolute Gasteiger partial charge is 0.465 e. The van der Waals surface area contributed by atoms with E-state index in [-0.39, 0.29) is 30.8 Å². The van der Waals surface area contributed by atoms with Crippen molar-refractivity contribution >= 4 is 51.8 Å². The highest BCUT2D eigenvalue weighted by Gasteiger charge is 2.38. The minimum atomic E-state index is -1.16. The van der Waals surface area contributed by atoms with Crippen LogP contribution in [0.25, 0.3) is 10.8 Å². The topological polar surface area (TPSA) is 134 Å². The van der Waals surface area contributed by atoms with Gasteiger partial charge in [-0.1, -0.05) is 48.5 Å². The van der Waals surface area contributed by atoms with Gasteiger partial charge < -0.3 is 24.6 Å². The predicted octanol–water partition coefficient (Wildman–Crippen LogP) is 4.93. The SMILES string of the molecule is COC(=O)c1ccc(C(=O)N2C[C@H](NC(=O)[C@H](C)NCC(=O)OC(C)(C)C)C(=O)N(Cc3c(C)ccc4ccccc34)c3ccccc32)cc1. The lowest BCUT2D eigenvalue weighted by Crippen LogP contribution is -2.56. The van der Waals surface area contributed by atoms with Gasteiger partial charge in [-0.25, -0.2) is 4.79 Å². The molecule has 0 unspecified atom stereocenters. The molecule has 0 saturated carbocycles. The van der Waals surface area contributed by atoms with Crippen molar-refractivity contribution in [2.45, 2.75) is 58.8 Å². The van der Waals surface area contributed by atoms with Crippen LogP contribution >= 0.6 is 0 Å². The Bertz CT molecular complexity index is 1930. The molecule has 0 spiro atoms. The van der Waals surface area contributed by atoms with E-state index in [0.29, 0.717) is 11.4 Å². The summed E-state index contributed by atoms with van der Waals surface area (Å²) in [6.07, 6.45) is 0. The van der Waals surface area contributed by atoms with Crippen LogP contribution in [0.3, 0.4) is 0 Å². The Hall–Kier alpha value is -5.55. The number of nitrogens with one attached hydrogen (secondary N) is 2. The van der Waals surface area contributed by atoms with Gasteiger partial charge >= 0.3 is 11.9 Å². The number of hydrogen-bond donors (Lipinski definition) is 2. The number of anilines is 2. The van der Waals surface area contributed by atoms with Crippen LogP contribution in [0.4, 0.5) is 11.4 Å². The first-order valence-electron chi connectivity index (χ1n) is 16.4. The fraction of sp³-hybridized carbons (Fsp3) is 0.308. The molecule has 11 nitrogen and oxygen atoms in total. The van der Waals surface area contributed by atoms with Gasteiger partial charge in [-0.2, -0.15) is 0 Å². The van der Waals surface area contributed by atoms with Crippen LogP contribution in [0.1, 0.15) is 59.5 Å². The van der Waals surface area contributed by atoms with E-state index < -0.39 is 47.3 Å². The molecule has 2 atom stereocenters. The van der Waals surface area contributed by atoms with Crippen molar-refractivity contribution in [1.29, 1.82) is 0 Å². The first-order chi connectivity index (χ1) is 23.8. The minimum absolute atomic E-state index is 0.178. The van der Waals surface area contributed by atoms with Crippen LogP contribution in [0.5, 0.6) is 0 Å². The minimum Gasteiger partial charge on any atom is -0.465 e. The first-order valence-corrected chi connectivity index (χ1v) is 16.4. The maximum atomic E-state index is 14.6. The lowest BCUT2D eigenvalue weighted by Gasteiger charge is -2.27. The van der Waals surface area contributed by atoms with Crippen LogP contribution in [0, 0.1) is 6.92 Å². The second-order valence-corrected chi connectivity index (χ2v) is 13.2. The normalized spacial score (nSPS) is 15.2. The van der Waals surface area contributed by atoms with Crippen LogP contribution in [0.2, 0.25) is 0 Å². The Morgan fingerprint density at radius 1 is 0.880 bits per heavy atom. The van der Waals surface area contributed by atoms with Crippen molar-refractivity contribution in [3.63, 3.8) is 0 Å². The molecule has 2 N–H and O–H groups in total. The molecule has 0 fully saturated rings. The standard InChI is InChI=1S/C39H42N4O7/c1-24-15-16-26-11-7-8-12-29(26)30(24)22-42-32-13-9-10-14-33(32)43(36(46)27-17-19-28(20-18-27)38(48)49-6)23-31(37(42)47)41-35(45)25(2)40-21-34(44)50-39(3,4)5/h7-20,25,31,40H,21-23H2,1-6H3,(H,41,45)/t25-,31-/m0/s1. The van der Waals surface area contributed by atoms with Crippen molar-refractivity contribution in [3.05, 3.63) is 107 Å². The lowest BCUT2D eigenvalue weighted by atomic mass is 9.99. The number of rotatable bonds is 9. The van der Waals surface area contributed by atoms with E-state index in [2.05, 4.69) is 10.6 Å². The van der Waals surface area contributed by atoms with Crippen LogP contribution in [0.15, 0.2) is 84.9 Å². The molecular formula is C39H42N4O7. The summed E-state index contributed by atoms with van der Waals surface area (Å²) >= 11 is 0. The molecule has 0 bridgehead atoms. The summed E-state index contributed by atoms with van der Waals surface area (Å²) < 4.78 is 10.1. The summed E-state index contributed by atoms with van der Waals surface area (Å²) in [5.74, 6) is -2.43. The van der Waals surface area contributed by atoms with E-state index >= 15 is 0 Å². The molecule has 0 saturated heterocycles. The second-order valence-electron chi connectivity index (χ2n) is 13.2. The fourth-order valence-corrected chi connectivity index (χ4v) is 5.89. The molecule has 0 aromatic heterocycles. The van der Waals surface area contributed by atoms with Crippen molar-refractivity contribution < 1.29 is 33.4 Å². The number of amides is 3. The number of methoxy groups -OCH3 is 1. The molecule has 1 heterocycles. The van der Waals surface area contributed by atoms with Crippen LogP contribution in [-0.2, 0) is 30.4 Å². The van der Waals surface area contributed by atoms with Gasteiger partial charge in [0.25, 0.3) is 11.8 Å². The van der Waals surface area contributed by atoms with Gasteiger partial charge in [0, 0.05) is 5.56 Å². The monoisotopic (exact) mass is 678 g/mol. The molecule has 260 valence electrons. The predicted molar refractivity (Wildman–Crippen MR) is 191 cm³/mol. The molecule has 1 aliphatic rings. The van der Waals surface area contributed by atoms with Crippen LogP contribution < -0.4 is 20.4 Å². The Labute approximate surface area is 291 Å². The number of carbonyl (C=O) groups excluding carboxylic acids is 5. The van der Waals surface area contributed by atoms with Gasteiger partial charge in [0.15, 0.2) is 0 Å². The molecule has 0 aliphatic carbocycles. The summed E-state index contributed by atoms with van der Waals surface area (Å²) in [5.41, 5.74) is 2.76. The number of benzene rings is 4. The quantitative estimate of drug-likeness (QED) is 0.238. The highest BCUT2D eigenvalue weighted by atomic mass is 16.6. The van der Waals surface area contributed by atoms with Crippen LogP contribution in [-0.4, -0.2) is 67.5 Å². The third-order valence-electron chi connectivity index (χ3n) is 8.46. The van der Waals surface area contributed by atoms with E-state index in [0.717, 1.165) is 21.9 Å². The first kappa shape index (κ1) is 35.7. The Balaban J connectivity index is 1.52. The smallest absolute Gasteiger partial charge is 0.337 e. The van der Waals surface area contributed by atoms with E-state index in [4.69, 9.17) is 9.47 Å². The molecule has 5 rings (SSSR count). The van der Waals surface area contributed by atoms with Gasteiger partial charge in [0.2, 0.25) is 5.91 Å². The highest BCUT2D eigenvalue weighted by Crippen LogP contribution is 2.36. The average molecular weight is 679 g/mol. The van der Waals surface area contributed by atoms with Crippen molar-refractivity contribution in [2.24, 2.45) is 0 Å². The number of carbonyl (C=O) groups is 5. The van der Waals surface area contributed by atoms with Gasteiger partial charge in [0.05, 0.1) is 49.7 Å². The number of esters is 2. The van der Waals surface area contributed by atoms with Gasteiger partial charge in [-0.3, -0.25) is 24.5 Å². The molecular weight excluding hydrogens is 636 g/mol. The summed E-state index contributed by atoms with van der Waals surface area (Å²) in [4.78, 5) is 69.9. The zero-order chi connectivity index (χ0) is 36.2. The van der Waals surface area contributed by atoms with E-state index in [1.54, 1.807) is 56.9 Å². The lowest BCUT2D eigenvalue weighted by molar-refractivity contribution is -0.153. The Morgan fingerprint density at radius 3 is 2.20 bits per heavy atom. The zero-order valence-corrected chi connectivity index (χ0v) is 29.1. The maximum Gasteiger partial charge on any atom is 0.337 e. The number of ether oxygens (including phenoxy) is 2. The zero-order valence-electron chi connectivity index (χ0n) is 29.1. The Morgan fingerprint density at radius 2 is 1.52 bits per heavy atom. The third-order valence-corrected chi connectivity index (χ3v) is 8.46. The summed E-state index contributed by atoms with van der Waals surface area (Å²) in [6, 6.07) is 23.1. The van der Waals surface area contributed by atoms with E-state index in [9.17, 15) is 24.0 Å². The molecule has 3 amide bonds. The molecule has 11 heteroatoms. The second kappa shape index (κ2) is 14.9. The number of aryl methyl sites for hydroxylation is 1. The maximum absolute atomic E-state index is 14.6. The van der Waals surface area contributed by atoms with Crippen molar-refractivity contribution in [2.75, 3.05) is 30.0 Å². The number of para-hydroxylation sites is 2. The average Bonchev–Trinajstić information content (AvgIpc) is 3.21. The van der Waals surface area contributed by atoms with Gasteiger partial charge in [-0.15, -0.1) is 0 Å². The molecule has 4 aromatic rings. The summed E-state index contributed by atoms with van der Waals surface area (Å²) in [6.45, 7) is 8.61. The van der Waals surface area contributed by atoms with Gasteiger partial charge in [0.1, 0.15) is 11.6 Å². The Kier molecular flexibility index (Phi) is 10.7. The summed E-state index contributed by atoms with van der Waals surface area (Å²) in [5, 5.41) is 7.73. The molecule has 50 heavy (non-hydrogen) atoms. The van der Waals surface area contributed by atoms with E-state index in [1.165, 1.54) is 36.3 Å². The fourth-order valence-electron chi connectivity index (χ4n) is 5.89. The molecule has 4 aromatic carbocycles. The number of hydrogen-bond acceptors (Lipinski definition) is 8. The third kappa shape index (κ3) is 8.01. The molecule has 1 aliphatic heterocycles. The van der Waals surface area contributed by atoms with Crippen molar-refractivity contribution in [1.82, 2.24) is 10.6 Å². The summed E-state index contributed by atoms with van der Waals surface area (Å²) in [7, 11) is 1.28.